The van der Waals surface area contributed by atoms with Crippen LogP contribution in [0.3, 0.4) is 0 Å². The van der Waals surface area contributed by atoms with Crippen molar-refractivity contribution in [1.82, 2.24) is 0 Å². The Kier molecular flexibility index (Phi) is 6.37. The zero-order valence-electron chi connectivity index (χ0n) is 13.9. The predicted molar refractivity (Wildman–Crippen MR) is 92.9 cm³/mol. The van der Waals surface area contributed by atoms with Gasteiger partial charge in [0.15, 0.2) is 18.1 Å². The molecule has 0 fully saturated rings. The summed E-state index contributed by atoms with van der Waals surface area (Å²) in [7, 11) is 0. The lowest BCUT2D eigenvalue weighted by Crippen LogP contribution is -2.21. The second-order valence-electron chi connectivity index (χ2n) is 5.10. The minimum absolute atomic E-state index is 0.140. The molecule has 1 amide bonds. The first-order valence-corrected chi connectivity index (χ1v) is 7.90. The minimum atomic E-state index is -0.252. The van der Waals surface area contributed by atoms with Gasteiger partial charge in [0.2, 0.25) is 0 Å². The number of aldehydes is 1. The Balaban J connectivity index is 2.02. The number of aryl methyl sites for hydroxylation is 1. The Hall–Kier alpha value is -2.82. The molecular weight excluding hydrogens is 306 g/mol. The number of amides is 1. The third kappa shape index (κ3) is 4.59. The highest BCUT2D eigenvalue weighted by Gasteiger charge is 2.10. The van der Waals surface area contributed by atoms with E-state index in [2.05, 4.69) is 5.32 Å². The van der Waals surface area contributed by atoms with E-state index < -0.39 is 0 Å². The van der Waals surface area contributed by atoms with E-state index in [9.17, 15) is 9.59 Å². The van der Waals surface area contributed by atoms with Crippen LogP contribution in [0, 0.1) is 0 Å². The molecule has 1 N–H and O–H groups in total. The van der Waals surface area contributed by atoms with Crippen LogP contribution in [0.4, 0.5) is 5.69 Å². The molecule has 24 heavy (non-hydrogen) atoms. The molecule has 0 unspecified atom stereocenters. The molecule has 0 saturated carbocycles. The van der Waals surface area contributed by atoms with Crippen molar-refractivity contribution in [2.75, 3.05) is 18.5 Å². The van der Waals surface area contributed by atoms with E-state index in [0.717, 1.165) is 24.0 Å². The molecule has 0 aromatic heterocycles. The van der Waals surface area contributed by atoms with Gasteiger partial charge in [-0.3, -0.25) is 9.59 Å². The zero-order chi connectivity index (χ0) is 17.4. The van der Waals surface area contributed by atoms with Crippen LogP contribution in [0.5, 0.6) is 11.5 Å². The largest absolute Gasteiger partial charge is 0.490 e. The highest BCUT2D eigenvalue weighted by Crippen LogP contribution is 2.28. The number of hydrogen-bond donors (Lipinski definition) is 1. The number of nitrogens with one attached hydrogen (secondary N) is 1. The van der Waals surface area contributed by atoms with Gasteiger partial charge in [-0.2, -0.15) is 0 Å². The molecule has 0 aliphatic carbocycles. The van der Waals surface area contributed by atoms with Crippen molar-refractivity contribution < 1.29 is 19.1 Å². The number of rotatable bonds is 8. The quantitative estimate of drug-likeness (QED) is 0.754. The predicted octanol–water partition coefficient (Wildman–Crippen LogP) is 3.48. The summed E-state index contributed by atoms with van der Waals surface area (Å²) in [5.41, 5.74) is 2.35. The van der Waals surface area contributed by atoms with Gasteiger partial charge >= 0.3 is 0 Å². The van der Waals surface area contributed by atoms with Gasteiger partial charge < -0.3 is 14.8 Å². The molecule has 2 rings (SSSR count). The Morgan fingerprint density at radius 2 is 1.88 bits per heavy atom. The van der Waals surface area contributed by atoms with Gasteiger partial charge in [-0.25, -0.2) is 0 Å². The molecular formula is C19H21NO4. The van der Waals surface area contributed by atoms with Gasteiger partial charge in [0.1, 0.15) is 6.29 Å². The Morgan fingerprint density at radius 1 is 1.08 bits per heavy atom. The van der Waals surface area contributed by atoms with Gasteiger partial charge in [0.25, 0.3) is 5.91 Å². The average Bonchev–Trinajstić information content (AvgIpc) is 2.61. The molecule has 0 heterocycles. The zero-order valence-corrected chi connectivity index (χ0v) is 13.9. The lowest BCUT2D eigenvalue weighted by Gasteiger charge is -2.13. The van der Waals surface area contributed by atoms with E-state index in [1.54, 1.807) is 18.2 Å². The molecule has 0 radical (unpaired) electrons. The van der Waals surface area contributed by atoms with Crippen LogP contribution < -0.4 is 14.8 Å². The van der Waals surface area contributed by atoms with Crippen LogP contribution in [0.1, 0.15) is 29.8 Å². The molecule has 5 nitrogen and oxygen atoms in total. The summed E-state index contributed by atoms with van der Waals surface area (Å²) in [6, 6.07) is 12.5. The normalized spacial score (nSPS) is 10.1. The summed E-state index contributed by atoms with van der Waals surface area (Å²) < 4.78 is 11.0. The Morgan fingerprint density at radius 3 is 2.58 bits per heavy atom. The smallest absolute Gasteiger partial charge is 0.262 e. The van der Waals surface area contributed by atoms with Gasteiger partial charge in [-0.1, -0.05) is 25.1 Å². The standard InChI is InChI=1S/C19H21NO4/c1-3-15-7-5-6-8-16(15)20-19(22)13-24-17-10-9-14(12-21)11-18(17)23-4-2/h5-12H,3-4,13H2,1-2H3,(H,20,22). The van der Waals surface area contributed by atoms with E-state index in [0.29, 0.717) is 23.7 Å². The Labute approximate surface area is 141 Å². The second-order valence-corrected chi connectivity index (χ2v) is 5.10. The average molecular weight is 327 g/mol. The van der Waals surface area contributed by atoms with Crippen molar-refractivity contribution >= 4 is 17.9 Å². The highest BCUT2D eigenvalue weighted by atomic mass is 16.5. The van der Waals surface area contributed by atoms with Gasteiger partial charge in [0, 0.05) is 11.3 Å². The molecule has 0 spiro atoms. The maximum Gasteiger partial charge on any atom is 0.262 e. The first-order valence-electron chi connectivity index (χ1n) is 7.90. The van der Waals surface area contributed by atoms with Gasteiger partial charge in [-0.15, -0.1) is 0 Å². The van der Waals surface area contributed by atoms with E-state index in [1.807, 2.05) is 38.1 Å². The van der Waals surface area contributed by atoms with Crippen LogP contribution in [-0.2, 0) is 11.2 Å². The number of benzene rings is 2. The van der Waals surface area contributed by atoms with Crippen LogP contribution in [0.2, 0.25) is 0 Å². The second kappa shape index (κ2) is 8.72. The number of carbonyl (C=O) groups is 2. The molecule has 0 aliphatic heterocycles. The lowest BCUT2D eigenvalue weighted by molar-refractivity contribution is -0.118. The van der Waals surface area contributed by atoms with Crippen molar-refractivity contribution in [2.24, 2.45) is 0 Å². The van der Waals surface area contributed by atoms with E-state index in [-0.39, 0.29) is 12.5 Å². The molecule has 126 valence electrons. The number of para-hydroxylation sites is 1. The summed E-state index contributed by atoms with van der Waals surface area (Å²) in [6.07, 6.45) is 1.57. The van der Waals surface area contributed by atoms with Crippen LogP contribution in [0.25, 0.3) is 0 Å². The van der Waals surface area contributed by atoms with Crippen molar-refractivity contribution in [1.29, 1.82) is 0 Å². The van der Waals surface area contributed by atoms with Crippen molar-refractivity contribution in [3.8, 4) is 11.5 Å². The molecule has 0 aliphatic rings. The monoisotopic (exact) mass is 327 g/mol. The highest BCUT2D eigenvalue weighted by molar-refractivity contribution is 5.92. The number of anilines is 1. The molecule has 2 aromatic carbocycles. The lowest BCUT2D eigenvalue weighted by atomic mass is 10.1. The van der Waals surface area contributed by atoms with Crippen LogP contribution >= 0.6 is 0 Å². The van der Waals surface area contributed by atoms with Crippen molar-refractivity contribution in [3.63, 3.8) is 0 Å². The molecule has 2 aromatic rings. The first-order chi connectivity index (χ1) is 11.7. The van der Waals surface area contributed by atoms with Gasteiger partial charge in [0.05, 0.1) is 6.61 Å². The van der Waals surface area contributed by atoms with Crippen LogP contribution in [0.15, 0.2) is 42.5 Å². The third-order valence-corrected chi connectivity index (χ3v) is 3.43. The summed E-state index contributed by atoms with van der Waals surface area (Å²) in [5, 5.41) is 2.84. The minimum Gasteiger partial charge on any atom is -0.490 e. The summed E-state index contributed by atoms with van der Waals surface area (Å²) in [6.45, 7) is 4.17. The van der Waals surface area contributed by atoms with Gasteiger partial charge in [-0.05, 0) is 43.2 Å². The first kappa shape index (κ1) is 17.5. The number of ether oxygens (including phenoxy) is 2. The van der Waals surface area contributed by atoms with Crippen molar-refractivity contribution in [3.05, 3.63) is 53.6 Å². The summed E-state index contributed by atoms with van der Waals surface area (Å²) in [4.78, 5) is 23.0. The maximum atomic E-state index is 12.1. The molecule has 0 atom stereocenters. The summed E-state index contributed by atoms with van der Waals surface area (Å²) >= 11 is 0. The third-order valence-electron chi connectivity index (χ3n) is 3.43. The fourth-order valence-electron chi connectivity index (χ4n) is 2.27. The van der Waals surface area contributed by atoms with E-state index in [4.69, 9.17) is 9.47 Å². The maximum absolute atomic E-state index is 12.1. The van der Waals surface area contributed by atoms with Crippen molar-refractivity contribution in [2.45, 2.75) is 20.3 Å². The summed E-state index contributed by atoms with van der Waals surface area (Å²) in [5.74, 6) is 0.628. The fourth-order valence-corrected chi connectivity index (χ4v) is 2.27. The molecule has 0 saturated heterocycles. The topological polar surface area (TPSA) is 64.6 Å². The number of carbonyl (C=O) groups excluding carboxylic acids is 2. The van der Waals surface area contributed by atoms with Crippen LogP contribution in [-0.4, -0.2) is 25.4 Å². The molecule has 0 bridgehead atoms. The molecule has 5 heteroatoms. The Bertz CT molecular complexity index is 712. The van der Waals surface area contributed by atoms with E-state index >= 15 is 0 Å². The van der Waals surface area contributed by atoms with E-state index in [1.165, 1.54) is 0 Å². The fraction of sp³-hybridized carbons (Fsp3) is 0.263. The SMILES string of the molecule is CCOc1cc(C=O)ccc1OCC(=O)Nc1ccccc1CC. The number of hydrogen-bond acceptors (Lipinski definition) is 4.